The van der Waals surface area contributed by atoms with Crippen molar-refractivity contribution >= 4 is 7.81 Å². The molecule has 0 aromatic carbocycles. The zero-order valence-electron chi connectivity index (χ0n) is 10.8. The van der Waals surface area contributed by atoms with Gasteiger partial charge in [0.1, 0.15) is 6.54 Å². The topological polar surface area (TPSA) is 3.88 Å². The van der Waals surface area contributed by atoms with Crippen molar-refractivity contribution in [2.45, 2.75) is 39.7 Å². The molecule has 0 unspecified atom stereocenters. The second-order valence-electron chi connectivity index (χ2n) is 4.05. The van der Waals surface area contributed by atoms with Crippen molar-refractivity contribution in [2.24, 2.45) is 0 Å². The van der Waals surface area contributed by atoms with E-state index in [2.05, 4.69) is 42.8 Å². The molecule has 0 radical (unpaired) electrons. The number of aryl methyl sites for hydroxylation is 2. The van der Waals surface area contributed by atoms with Gasteiger partial charge in [-0.1, -0.05) is 26.3 Å². The molecule has 1 aromatic rings. The van der Waals surface area contributed by atoms with Crippen molar-refractivity contribution in [1.29, 1.82) is 0 Å². The molecule has 114 valence electrons. The van der Waals surface area contributed by atoms with Crippen molar-refractivity contribution < 1.29 is 29.7 Å². The Bertz CT molecular complexity index is 388. The van der Waals surface area contributed by atoms with Crippen LogP contribution >= 0.6 is 7.81 Å². The average molecular weight is 309 g/mol. The van der Waals surface area contributed by atoms with Crippen molar-refractivity contribution in [1.82, 2.24) is 0 Å². The fourth-order valence-electron chi connectivity index (χ4n) is 1.38. The van der Waals surface area contributed by atoms with Crippen molar-refractivity contribution in [2.75, 3.05) is 0 Å². The summed E-state index contributed by atoms with van der Waals surface area (Å²) in [7, 11) is -10.7. The Labute approximate surface area is 108 Å². The molecule has 0 atom stereocenters. The van der Waals surface area contributed by atoms with E-state index >= 15 is 0 Å². The minimum atomic E-state index is -10.7. The molecule has 1 heterocycles. The second-order valence-corrected chi connectivity index (χ2v) is 5.97. The summed E-state index contributed by atoms with van der Waals surface area (Å²) in [5.74, 6) is 0. The first-order valence-electron chi connectivity index (χ1n) is 5.87. The summed E-state index contributed by atoms with van der Waals surface area (Å²) in [5.41, 5.74) is 1.44. The van der Waals surface area contributed by atoms with Gasteiger partial charge < -0.3 is 0 Å². The third-order valence-corrected chi connectivity index (χ3v) is 2.15. The van der Waals surface area contributed by atoms with E-state index in [9.17, 15) is 25.2 Å². The predicted molar refractivity (Wildman–Crippen MR) is 64.5 cm³/mol. The molecule has 19 heavy (non-hydrogen) atoms. The Morgan fingerprint density at radius 2 is 1.53 bits per heavy atom. The molecular weight excluding hydrogens is 291 g/mol. The van der Waals surface area contributed by atoms with E-state index in [-0.39, 0.29) is 0 Å². The Balaban J connectivity index is 0.000000399. The van der Waals surface area contributed by atoms with Crippen molar-refractivity contribution in [3.63, 3.8) is 0 Å². The van der Waals surface area contributed by atoms with Crippen LogP contribution in [0.3, 0.4) is 0 Å². The number of nitrogens with zero attached hydrogens (tertiary/aromatic N) is 1. The first-order chi connectivity index (χ1) is 8.33. The van der Waals surface area contributed by atoms with E-state index < -0.39 is 7.81 Å². The van der Waals surface area contributed by atoms with Crippen molar-refractivity contribution in [3.05, 3.63) is 30.1 Å². The molecule has 8 heteroatoms. The summed E-state index contributed by atoms with van der Waals surface area (Å²) in [6.07, 6.45) is 5.85. The normalized spacial score (nSPS) is 14.9. The Hall–Kier alpha value is -0.840. The monoisotopic (exact) mass is 309 g/mol. The van der Waals surface area contributed by atoms with E-state index in [4.69, 9.17) is 0 Å². The van der Waals surface area contributed by atoms with Crippen LogP contribution in [0.5, 0.6) is 0 Å². The molecule has 0 N–H and O–H groups in total. The van der Waals surface area contributed by atoms with E-state index in [0.29, 0.717) is 0 Å². The van der Waals surface area contributed by atoms with Gasteiger partial charge in [0.15, 0.2) is 11.9 Å². The van der Waals surface area contributed by atoms with Gasteiger partial charge in [-0.3, -0.25) is 0 Å². The van der Waals surface area contributed by atoms with Gasteiger partial charge in [-0.05, 0) is 0 Å². The quantitative estimate of drug-likeness (QED) is 0.380. The summed E-state index contributed by atoms with van der Waals surface area (Å²) in [5, 5.41) is 0. The van der Waals surface area contributed by atoms with Crippen LogP contribution in [0, 0.1) is 0 Å². The number of unbranched alkanes of at least 4 members (excludes halogenated alkanes) is 1. The van der Waals surface area contributed by atoms with Crippen LogP contribution in [-0.2, 0) is 13.0 Å². The Morgan fingerprint density at radius 1 is 1.00 bits per heavy atom. The second kappa shape index (κ2) is 5.65. The molecule has 0 spiro atoms. The minimum absolute atomic E-state index is 1.13. The van der Waals surface area contributed by atoms with E-state index in [1.54, 1.807) is 0 Å². The number of hydrogen-bond donors (Lipinski definition) is 0. The maximum atomic E-state index is 9.87. The van der Waals surface area contributed by atoms with Gasteiger partial charge in [-0.15, -0.1) is 0 Å². The molecule has 0 aliphatic heterocycles. The Morgan fingerprint density at radius 3 is 1.95 bits per heavy atom. The average Bonchev–Trinajstić information content (AvgIpc) is 2.22. The number of rotatable bonds is 4. The van der Waals surface area contributed by atoms with Crippen LogP contribution in [0.15, 0.2) is 24.4 Å². The number of hydrogen-bond acceptors (Lipinski definition) is 0. The summed E-state index contributed by atoms with van der Waals surface area (Å²) in [4.78, 5) is 0. The molecule has 0 fully saturated rings. The standard InChI is InChI=1S/C11H18N.F6P/c1-3-5-9-12-10-7-6-8-11(12)4-2;1-7(2,3,4,5)6/h6-8,10H,3-5,9H2,1-2H3;/q+1;-1. The number of aromatic nitrogens is 1. The van der Waals surface area contributed by atoms with Crippen LogP contribution in [0.1, 0.15) is 32.4 Å². The van der Waals surface area contributed by atoms with Crippen LogP contribution in [0.2, 0.25) is 0 Å². The van der Waals surface area contributed by atoms with Crippen molar-refractivity contribution in [3.8, 4) is 0 Å². The summed E-state index contributed by atoms with van der Waals surface area (Å²) in [6.45, 7) is 5.60. The van der Waals surface area contributed by atoms with Crippen LogP contribution in [0.25, 0.3) is 0 Å². The first kappa shape index (κ1) is 18.2. The molecule has 0 saturated carbocycles. The summed E-state index contributed by atoms with van der Waals surface area (Å²) < 4.78 is 61.5. The van der Waals surface area contributed by atoms with E-state index in [1.165, 1.54) is 25.1 Å². The van der Waals surface area contributed by atoms with Gasteiger partial charge >= 0.3 is 33.0 Å². The molecule has 0 aliphatic rings. The van der Waals surface area contributed by atoms with Gasteiger partial charge in [0, 0.05) is 25.0 Å². The third kappa shape index (κ3) is 15.1. The molecule has 0 saturated heterocycles. The molecule has 0 amide bonds. The molecule has 1 aromatic heterocycles. The van der Waals surface area contributed by atoms with Gasteiger partial charge in [0.2, 0.25) is 0 Å². The van der Waals surface area contributed by atoms with E-state index in [1.807, 2.05) is 0 Å². The molecule has 1 rings (SSSR count). The fraction of sp³-hybridized carbons (Fsp3) is 0.545. The molecule has 0 aliphatic carbocycles. The summed E-state index contributed by atoms with van der Waals surface area (Å²) >= 11 is 0. The zero-order valence-corrected chi connectivity index (χ0v) is 11.7. The fourth-order valence-corrected chi connectivity index (χ4v) is 1.38. The Kier molecular flexibility index (Phi) is 5.40. The number of halogens is 6. The summed E-state index contributed by atoms with van der Waals surface area (Å²) in [6, 6.07) is 6.42. The van der Waals surface area contributed by atoms with Gasteiger partial charge in [0.25, 0.3) is 0 Å². The van der Waals surface area contributed by atoms with Gasteiger partial charge in [-0.25, -0.2) is 4.57 Å². The molecule has 0 bridgehead atoms. The third-order valence-electron chi connectivity index (χ3n) is 2.15. The van der Waals surface area contributed by atoms with Crippen LogP contribution < -0.4 is 4.57 Å². The SMILES string of the molecule is CCCC[n+]1ccccc1CC.F[P-](F)(F)(F)(F)F. The maximum absolute atomic E-state index is 10.7. The van der Waals surface area contributed by atoms with Crippen LogP contribution in [-0.4, -0.2) is 0 Å². The number of pyridine rings is 1. The first-order valence-corrected chi connectivity index (χ1v) is 7.90. The predicted octanol–water partition coefficient (Wildman–Crippen LogP) is 5.72. The molecular formula is C11H18F6NP. The zero-order chi connectivity index (χ0) is 15.2. The van der Waals surface area contributed by atoms with Crippen LogP contribution in [0.4, 0.5) is 25.2 Å². The molecule has 1 nitrogen and oxygen atoms in total. The van der Waals surface area contributed by atoms with Gasteiger partial charge in [0.05, 0.1) is 0 Å². The van der Waals surface area contributed by atoms with Gasteiger partial charge in [-0.2, -0.15) is 0 Å². The van der Waals surface area contributed by atoms with E-state index in [0.717, 1.165) is 6.42 Å².